The van der Waals surface area contributed by atoms with Crippen LogP contribution in [0.25, 0.3) is 44.2 Å². The van der Waals surface area contributed by atoms with E-state index in [0.717, 1.165) is 0 Å². The third-order valence-electron chi connectivity index (χ3n) is 10.4. The molecule has 0 N–H and O–H groups in total. The zero-order chi connectivity index (χ0) is 28.2. The Balaban J connectivity index is 1.37. The van der Waals surface area contributed by atoms with Crippen LogP contribution in [0.4, 0.5) is 11.4 Å². The van der Waals surface area contributed by atoms with Crippen molar-refractivity contribution in [2.45, 2.75) is 31.7 Å². The lowest BCUT2D eigenvalue weighted by molar-refractivity contribution is 0.273. The molecular weight excluding hydrogens is 508 g/mol. The fourth-order valence-corrected chi connectivity index (χ4v) is 8.54. The fraction of sp³-hybridized carbons (Fsp3) is 0.150. The number of hydrogen-bond donors (Lipinski definition) is 0. The van der Waals surface area contributed by atoms with Gasteiger partial charge in [0.25, 0.3) is 0 Å². The number of rotatable bonds is 2. The molecule has 2 nitrogen and oxygen atoms in total. The zero-order valence-corrected chi connectivity index (χ0v) is 24.2. The second-order valence-corrected chi connectivity index (χ2v) is 12.8. The van der Waals surface area contributed by atoms with Crippen molar-refractivity contribution in [1.29, 1.82) is 0 Å². The summed E-state index contributed by atoms with van der Waals surface area (Å²) < 4.78 is 2.51. The quantitative estimate of drug-likeness (QED) is 0.212. The summed E-state index contributed by atoms with van der Waals surface area (Å²) in [6.45, 7) is 7.32. The first-order valence-electron chi connectivity index (χ1n) is 15.0. The molecule has 0 spiro atoms. The summed E-state index contributed by atoms with van der Waals surface area (Å²) in [5.74, 6) is 0.338. The van der Waals surface area contributed by atoms with Crippen molar-refractivity contribution < 1.29 is 0 Å². The van der Waals surface area contributed by atoms with E-state index >= 15 is 0 Å². The molecule has 5 aromatic carbocycles. The molecule has 0 fully saturated rings. The van der Waals surface area contributed by atoms with E-state index in [1.807, 2.05) is 0 Å². The largest absolute Gasteiger partial charge is 0.330 e. The molecule has 42 heavy (non-hydrogen) atoms. The predicted octanol–water partition coefficient (Wildman–Crippen LogP) is 10.2. The Hall–Kier alpha value is -4.82. The molecule has 1 aromatic heterocycles. The summed E-state index contributed by atoms with van der Waals surface area (Å²) in [5, 5.41) is 2.60. The van der Waals surface area contributed by atoms with Crippen LogP contribution in [0.5, 0.6) is 0 Å². The van der Waals surface area contributed by atoms with Crippen LogP contribution in [0.15, 0.2) is 133 Å². The van der Waals surface area contributed by atoms with Gasteiger partial charge in [-0.1, -0.05) is 117 Å². The molecule has 0 saturated heterocycles. The molecule has 202 valence electrons. The van der Waals surface area contributed by atoms with Gasteiger partial charge in [0.15, 0.2) is 0 Å². The number of anilines is 2. The van der Waals surface area contributed by atoms with Crippen molar-refractivity contribution in [1.82, 2.24) is 4.57 Å². The number of hydrogen-bond acceptors (Lipinski definition) is 1. The van der Waals surface area contributed by atoms with Crippen molar-refractivity contribution in [2.24, 2.45) is 5.92 Å². The van der Waals surface area contributed by atoms with Crippen molar-refractivity contribution in [3.63, 3.8) is 0 Å². The lowest BCUT2D eigenvalue weighted by Gasteiger charge is -2.55. The van der Waals surface area contributed by atoms with Gasteiger partial charge in [0, 0.05) is 39.0 Å². The molecule has 0 radical (unpaired) electrons. The Labute approximate surface area is 246 Å². The summed E-state index contributed by atoms with van der Waals surface area (Å²) in [6.07, 6.45) is 7.15. The molecule has 1 aliphatic carbocycles. The Morgan fingerprint density at radius 2 is 1.33 bits per heavy atom. The van der Waals surface area contributed by atoms with Crippen molar-refractivity contribution in [3.8, 4) is 16.8 Å². The van der Waals surface area contributed by atoms with Crippen LogP contribution >= 0.6 is 0 Å². The standard InChI is InChI=1S/C40H32N2/c1-39(2)31-15-8-10-18-34(31)42-35-25-24-30-29-14-7-9-17-33(29)41(28-22-20-27(21-23-28)26-12-5-4-6-13-26)38(30)37(35)32-16-11-19-36(39)40(32,42)3/h4-25,36H,1-3H3. The lowest BCUT2D eigenvalue weighted by Crippen LogP contribution is -2.57. The third kappa shape index (κ3) is 2.85. The fourth-order valence-electron chi connectivity index (χ4n) is 8.54. The van der Waals surface area contributed by atoms with Crippen LogP contribution in [0.2, 0.25) is 0 Å². The van der Waals surface area contributed by atoms with E-state index < -0.39 is 0 Å². The smallest absolute Gasteiger partial charge is 0.0752 e. The topological polar surface area (TPSA) is 8.17 Å². The lowest BCUT2D eigenvalue weighted by atomic mass is 9.58. The van der Waals surface area contributed by atoms with Gasteiger partial charge in [-0.05, 0) is 59.5 Å². The number of para-hydroxylation sites is 2. The monoisotopic (exact) mass is 540 g/mol. The molecule has 2 unspecified atom stereocenters. The maximum absolute atomic E-state index is 2.66. The van der Waals surface area contributed by atoms with E-state index in [-0.39, 0.29) is 11.0 Å². The number of fused-ring (bicyclic) bond motifs is 9. The van der Waals surface area contributed by atoms with E-state index in [2.05, 4.69) is 164 Å². The highest BCUT2D eigenvalue weighted by Crippen LogP contribution is 2.65. The molecule has 2 atom stereocenters. The maximum Gasteiger partial charge on any atom is 0.0752 e. The molecule has 9 rings (SSSR count). The van der Waals surface area contributed by atoms with Gasteiger partial charge in [0.1, 0.15) is 0 Å². The van der Waals surface area contributed by atoms with E-state index in [4.69, 9.17) is 0 Å². The van der Waals surface area contributed by atoms with Gasteiger partial charge in [0.2, 0.25) is 0 Å². The minimum atomic E-state index is -0.179. The molecular formula is C40H32N2. The van der Waals surface area contributed by atoms with E-state index in [1.165, 1.54) is 66.7 Å². The van der Waals surface area contributed by atoms with Crippen LogP contribution < -0.4 is 4.90 Å². The number of allylic oxidation sites excluding steroid dienone is 2. The minimum absolute atomic E-state index is 0.00100. The van der Waals surface area contributed by atoms with Crippen LogP contribution in [-0.2, 0) is 5.41 Å². The molecule has 2 heteroatoms. The summed E-state index contributed by atoms with van der Waals surface area (Å²) in [4.78, 5) is 2.66. The van der Waals surface area contributed by atoms with E-state index in [0.29, 0.717) is 5.92 Å². The van der Waals surface area contributed by atoms with Gasteiger partial charge in [-0.15, -0.1) is 0 Å². The van der Waals surface area contributed by atoms with Gasteiger partial charge < -0.3 is 9.47 Å². The number of aromatic nitrogens is 1. The second kappa shape index (κ2) is 8.14. The number of benzene rings is 5. The first-order valence-corrected chi connectivity index (χ1v) is 15.0. The highest BCUT2D eigenvalue weighted by molar-refractivity contribution is 6.17. The van der Waals surface area contributed by atoms with Gasteiger partial charge in [-0.3, -0.25) is 0 Å². The summed E-state index contributed by atoms with van der Waals surface area (Å²) in [6, 6.07) is 42.4. The highest BCUT2D eigenvalue weighted by atomic mass is 15.3. The normalized spacial score (nSPS) is 21.3. The predicted molar refractivity (Wildman–Crippen MR) is 177 cm³/mol. The molecule has 2 aliphatic heterocycles. The Kier molecular flexibility index (Phi) is 4.62. The second-order valence-electron chi connectivity index (χ2n) is 12.8. The maximum atomic E-state index is 2.66. The average Bonchev–Trinajstić information content (AvgIpc) is 3.50. The zero-order valence-electron chi connectivity index (χ0n) is 24.2. The van der Waals surface area contributed by atoms with Gasteiger partial charge >= 0.3 is 0 Å². The molecule has 3 heterocycles. The number of nitrogens with zero attached hydrogens (tertiary/aromatic N) is 2. The molecule has 3 aliphatic rings. The van der Waals surface area contributed by atoms with Crippen molar-refractivity contribution in [2.75, 3.05) is 4.90 Å². The van der Waals surface area contributed by atoms with Gasteiger partial charge in [-0.2, -0.15) is 0 Å². The summed E-state index contributed by atoms with van der Waals surface area (Å²) in [7, 11) is 0. The van der Waals surface area contributed by atoms with Gasteiger partial charge in [0.05, 0.1) is 22.3 Å². The Bertz CT molecular complexity index is 2120. The SMILES string of the molecule is CC1(C)c2ccccc2N2c3ccc4c5ccccc5n(-c5ccc(-c6ccccc6)cc5)c4c3C3=CC=CC1C32C. The van der Waals surface area contributed by atoms with Gasteiger partial charge in [-0.25, -0.2) is 0 Å². The molecule has 0 amide bonds. The van der Waals surface area contributed by atoms with E-state index in [9.17, 15) is 0 Å². The average molecular weight is 541 g/mol. The first kappa shape index (κ1) is 23.8. The highest BCUT2D eigenvalue weighted by Gasteiger charge is 2.59. The van der Waals surface area contributed by atoms with Crippen molar-refractivity contribution >= 4 is 38.8 Å². The summed E-state index contributed by atoms with van der Waals surface area (Å²) in [5.41, 5.74) is 12.9. The van der Waals surface area contributed by atoms with Crippen LogP contribution in [0.1, 0.15) is 31.9 Å². The first-order chi connectivity index (χ1) is 20.5. The molecule has 6 aromatic rings. The van der Waals surface area contributed by atoms with E-state index in [1.54, 1.807) is 0 Å². The Morgan fingerprint density at radius 3 is 2.17 bits per heavy atom. The summed E-state index contributed by atoms with van der Waals surface area (Å²) >= 11 is 0. The molecule has 0 saturated carbocycles. The van der Waals surface area contributed by atoms with Crippen LogP contribution in [-0.4, -0.2) is 10.1 Å². The third-order valence-corrected chi connectivity index (χ3v) is 10.4. The minimum Gasteiger partial charge on any atom is -0.330 e. The van der Waals surface area contributed by atoms with Crippen LogP contribution in [0, 0.1) is 5.92 Å². The molecule has 0 bridgehead atoms. The van der Waals surface area contributed by atoms with Crippen molar-refractivity contribution in [3.05, 3.63) is 145 Å². The van der Waals surface area contributed by atoms with Crippen LogP contribution in [0.3, 0.4) is 0 Å². The Morgan fingerprint density at radius 1 is 0.619 bits per heavy atom.